The summed E-state index contributed by atoms with van der Waals surface area (Å²) >= 11 is 0. The molecule has 82 valence electrons. The Hall–Kier alpha value is -1.09. The fourth-order valence-electron chi connectivity index (χ4n) is 2.06. The summed E-state index contributed by atoms with van der Waals surface area (Å²) in [5.74, 6) is 0. The SMILES string of the molecule is Cc1cnccc1NCC[C@@H]1CCCN1. The van der Waals surface area contributed by atoms with E-state index in [1.54, 1.807) is 0 Å². The van der Waals surface area contributed by atoms with Crippen LogP contribution < -0.4 is 10.6 Å². The van der Waals surface area contributed by atoms with Crippen LogP contribution in [0.5, 0.6) is 0 Å². The molecule has 0 bridgehead atoms. The molecule has 0 aliphatic carbocycles. The van der Waals surface area contributed by atoms with Gasteiger partial charge in [-0.1, -0.05) is 0 Å². The summed E-state index contributed by atoms with van der Waals surface area (Å²) < 4.78 is 0. The topological polar surface area (TPSA) is 37.0 Å². The van der Waals surface area contributed by atoms with Gasteiger partial charge in [0.05, 0.1) is 0 Å². The number of rotatable bonds is 4. The molecular weight excluding hydrogens is 186 g/mol. The lowest BCUT2D eigenvalue weighted by Crippen LogP contribution is -2.24. The smallest absolute Gasteiger partial charge is 0.0400 e. The monoisotopic (exact) mass is 205 g/mol. The van der Waals surface area contributed by atoms with Gasteiger partial charge in [-0.3, -0.25) is 4.98 Å². The summed E-state index contributed by atoms with van der Waals surface area (Å²) in [5.41, 5.74) is 2.43. The van der Waals surface area contributed by atoms with Crippen LogP contribution in [-0.4, -0.2) is 24.1 Å². The van der Waals surface area contributed by atoms with Gasteiger partial charge in [-0.05, 0) is 44.4 Å². The van der Waals surface area contributed by atoms with Crippen LogP contribution in [0.3, 0.4) is 0 Å². The van der Waals surface area contributed by atoms with E-state index in [9.17, 15) is 0 Å². The van der Waals surface area contributed by atoms with Crippen LogP contribution in [0.1, 0.15) is 24.8 Å². The Labute approximate surface area is 91.3 Å². The van der Waals surface area contributed by atoms with Crippen molar-refractivity contribution >= 4 is 5.69 Å². The Morgan fingerprint density at radius 2 is 2.53 bits per heavy atom. The molecule has 0 saturated carbocycles. The highest BCUT2D eigenvalue weighted by Crippen LogP contribution is 2.13. The molecule has 2 heterocycles. The van der Waals surface area contributed by atoms with E-state index in [-0.39, 0.29) is 0 Å². The van der Waals surface area contributed by atoms with Gasteiger partial charge in [0, 0.05) is 30.7 Å². The Bertz CT molecular complexity index is 305. The predicted molar refractivity (Wildman–Crippen MR) is 63.1 cm³/mol. The number of nitrogens with zero attached hydrogens (tertiary/aromatic N) is 1. The number of pyridine rings is 1. The van der Waals surface area contributed by atoms with Crippen molar-refractivity contribution in [1.82, 2.24) is 10.3 Å². The summed E-state index contributed by atoms with van der Waals surface area (Å²) in [5, 5.41) is 6.96. The van der Waals surface area contributed by atoms with Crippen molar-refractivity contribution in [3.05, 3.63) is 24.0 Å². The molecule has 0 unspecified atom stereocenters. The number of hydrogen-bond acceptors (Lipinski definition) is 3. The minimum Gasteiger partial charge on any atom is -0.385 e. The van der Waals surface area contributed by atoms with E-state index in [4.69, 9.17) is 0 Å². The van der Waals surface area contributed by atoms with Gasteiger partial charge in [0.25, 0.3) is 0 Å². The van der Waals surface area contributed by atoms with Crippen LogP contribution in [0, 0.1) is 6.92 Å². The molecule has 1 aliphatic heterocycles. The number of aryl methyl sites for hydroxylation is 1. The summed E-state index contributed by atoms with van der Waals surface area (Å²) in [6, 6.07) is 2.76. The summed E-state index contributed by atoms with van der Waals surface area (Å²) in [6.07, 6.45) is 7.61. The Kier molecular flexibility index (Phi) is 3.56. The van der Waals surface area contributed by atoms with E-state index in [1.807, 2.05) is 18.5 Å². The summed E-state index contributed by atoms with van der Waals surface area (Å²) in [6.45, 7) is 4.32. The normalized spacial score (nSPS) is 20.5. The molecular formula is C12H19N3. The highest BCUT2D eigenvalue weighted by atomic mass is 15.0. The van der Waals surface area contributed by atoms with Crippen LogP contribution in [-0.2, 0) is 0 Å². The molecule has 0 amide bonds. The Morgan fingerprint density at radius 3 is 3.27 bits per heavy atom. The number of hydrogen-bond donors (Lipinski definition) is 2. The average molecular weight is 205 g/mol. The maximum Gasteiger partial charge on any atom is 0.0400 e. The molecule has 1 aromatic heterocycles. The standard InChI is InChI=1S/C12H19N3/c1-10-9-13-7-5-12(10)15-8-4-11-3-2-6-14-11/h5,7,9,11,14H,2-4,6,8H2,1H3,(H,13,15)/t11-/m0/s1. The molecule has 1 aliphatic rings. The van der Waals surface area contributed by atoms with Crippen LogP contribution in [0.4, 0.5) is 5.69 Å². The van der Waals surface area contributed by atoms with E-state index in [0.29, 0.717) is 0 Å². The minimum atomic E-state index is 0.722. The third-order valence-electron chi connectivity index (χ3n) is 2.99. The summed E-state index contributed by atoms with van der Waals surface area (Å²) in [7, 11) is 0. The van der Waals surface area contributed by atoms with E-state index >= 15 is 0 Å². The maximum absolute atomic E-state index is 4.08. The fraction of sp³-hybridized carbons (Fsp3) is 0.583. The van der Waals surface area contributed by atoms with Crippen molar-refractivity contribution in [1.29, 1.82) is 0 Å². The van der Waals surface area contributed by atoms with Crippen molar-refractivity contribution in [2.24, 2.45) is 0 Å². The van der Waals surface area contributed by atoms with Crippen molar-refractivity contribution in [3.63, 3.8) is 0 Å². The fourth-order valence-corrected chi connectivity index (χ4v) is 2.06. The first-order valence-electron chi connectivity index (χ1n) is 5.74. The van der Waals surface area contributed by atoms with Crippen molar-refractivity contribution in [2.75, 3.05) is 18.4 Å². The lowest BCUT2D eigenvalue weighted by molar-refractivity contribution is 0.574. The first-order chi connectivity index (χ1) is 7.36. The number of nitrogens with one attached hydrogen (secondary N) is 2. The van der Waals surface area contributed by atoms with Crippen LogP contribution in [0.25, 0.3) is 0 Å². The van der Waals surface area contributed by atoms with Gasteiger partial charge in [0.1, 0.15) is 0 Å². The Balaban J connectivity index is 1.75. The van der Waals surface area contributed by atoms with Crippen molar-refractivity contribution in [3.8, 4) is 0 Å². The molecule has 1 saturated heterocycles. The first kappa shape index (κ1) is 10.4. The quantitative estimate of drug-likeness (QED) is 0.789. The third kappa shape index (κ3) is 2.93. The second kappa shape index (κ2) is 5.12. The number of aromatic nitrogens is 1. The molecule has 0 radical (unpaired) electrons. The van der Waals surface area contributed by atoms with Gasteiger partial charge in [0.15, 0.2) is 0 Å². The van der Waals surface area contributed by atoms with Gasteiger partial charge in [0.2, 0.25) is 0 Å². The zero-order valence-corrected chi connectivity index (χ0v) is 9.29. The predicted octanol–water partition coefficient (Wildman–Crippen LogP) is 1.94. The average Bonchev–Trinajstić information content (AvgIpc) is 2.74. The number of anilines is 1. The molecule has 0 aromatic carbocycles. The third-order valence-corrected chi connectivity index (χ3v) is 2.99. The Morgan fingerprint density at radius 1 is 1.60 bits per heavy atom. The van der Waals surface area contributed by atoms with E-state index in [0.717, 1.165) is 12.6 Å². The molecule has 1 atom stereocenters. The zero-order valence-electron chi connectivity index (χ0n) is 9.29. The van der Waals surface area contributed by atoms with Crippen LogP contribution in [0.2, 0.25) is 0 Å². The van der Waals surface area contributed by atoms with Gasteiger partial charge < -0.3 is 10.6 Å². The molecule has 1 aromatic rings. The van der Waals surface area contributed by atoms with Gasteiger partial charge in [-0.15, -0.1) is 0 Å². The minimum absolute atomic E-state index is 0.722. The lowest BCUT2D eigenvalue weighted by Gasteiger charge is -2.12. The van der Waals surface area contributed by atoms with Crippen molar-refractivity contribution in [2.45, 2.75) is 32.2 Å². The highest BCUT2D eigenvalue weighted by Gasteiger charge is 2.12. The lowest BCUT2D eigenvalue weighted by atomic mass is 10.1. The van der Waals surface area contributed by atoms with E-state index in [2.05, 4.69) is 22.5 Å². The molecule has 3 nitrogen and oxygen atoms in total. The van der Waals surface area contributed by atoms with E-state index < -0.39 is 0 Å². The van der Waals surface area contributed by atoms with Crippen LogP contribution in [0.15, 0.2) is 18.5 Å². The molecule has 2 N–H and O–H groups in total. The van der Waals surface area contributed by atoms with Gasteiger partial charge in [-0.2, -0.15) is 0 Å². The molecule has 15 heavy (non-hydrogen) atoms. The largest absolute Gasteiger partial charge is 0.385 e. The van der Waals surface area contributed by atoms with Gasteiger partial charge >= 0.3 is 0 Å². The molecule has 2 rings (SSSR count). The maximum atomic E-state index is 4.08. The van der Waals surface area contributed by atoms with Gasteiger partial charge in [-0.25, -0.2) is 0 Å². The second-order valence-corrected chi connectivity index (χ2v) is 4.20. The molecule has 0 spiro atoms. The second-order valence-electron chi connectivity index (χ2n) is 4.20. The van der Waals surface area contributed by atoms with Crippen molar-refractivity contribution < 1.29 is 0 Å². The summed E-state index contributed by atoms with van der Waals surface area (Å²) in [4.78, 5) is 4.08. The molecule has 1 fully saturated rings. The van der Waals surface area contributed by atoms with E-state index in [1.165, 1.54) is 37.1 Å². The molecule has 3 heteroatoms. The van der Waals surface area contributed by atoms with Crippen LogP contribution >= 0.6 is 0 Å². The first-order valence-corrected chi connectivity index (χ1v) is 5.74. The zero-order chi connectivity index (χ0) is 10.5. The highest BCUT2D eigenvalue weighted by molar-refractivity contribution is 5.48.